The molecule has 2 fully saturated rings. The number of rotatable bonds is 5. The number of likely N-dealkylation sites (tertiary alicyclic amines) is 1. The van der Waals surface area contributed by atoms with E-state index in [-0.39, 0.29) is 5.91 Å². The number of pyridine rings is 1. The minimum absolute atomic E-state index is 0.103. The Kier molecular flexibility index (Phi) is 5.95. The Hall–Kier alpha value is -2.40. The summed E-state index contributed by atoms with van der Waals surface area (Å²) in [4.78, 5) is 22.8. The Labute approximate surface area is 185 Å². The number of nitrogens with zero attached hydrogens (tertiary/aromatic N) is 3. The van der Waals surface area contributed by atoms with E-state index in [4.69, 9.17) is 9.72 Å². The van der Waals surface area contributed by atoms with Crippen molar-refractivity contribution in [2.75, 3.05) is 20.2 Å². The van der Waals surface area contributed by atoms with E-state index in [1.807, 2.05) is 35.2 Å². The molecule has 164 valence electrons. The SMILES string of the molecule is COc1ccc(CN2CCc3nc([C@@H]4CCCN4C4CCCCC4)ccc3C2=O)cc1. The van der Waals surface area contributed by atoms with Gasteiger partial charge in [0, 0.05) is 25.6 Å². The predicted octanol–water partition coefficient (Wildman–Crippen LogP) is 4.76. The normalized spacial score (nSPS) is 22.5. The van der Waals surface area contributed by atoms with E-state index >= 15 is 0 Å². The van der Waals surface area contributed by atoms with Gasteiger partial charge in [0.15, 0.2) is 0 Å². The van der Waals surface area contributed by atoms with Crippen LogP contribution in [0.4, 0.5) is 0 Å². The predicted molar refractivity (Wildman–Crippen MR) is 121 cm³/mol. The minimum atomic E-state index is 0.103. The maximum absolute atomic E-state index is 13.1. The lowest BCUT2D eigenvalue weighted by Crippen LogP contribution is -2.38. The van der Waals surface area contributed by atoms with Crippen LogP contribution in [0.25, 0.3) is 0 Å². The highest BCUT2D eigenvalue weighted by atomic mass is 16.5. The van der Waals surface area contributed by atoms with Crippen LogP contribution < -0.4 is 4.74 Å². The number of amides is 1. The second-order valence-electron chi connectivity index (χ2n) is 9.24. The lowest BCUT2D eigenvalue weighted by molar-refractivity contribution is 0.0724. The number of benzene rings is 1. The fourth-order valence-corrected chi connectivity index (χ4v) is 5.66. The highest BCUT2D eigenvalue weighted by Gasteiger charge is 2.34. The van der Waals surface area contributed by atoms with Gasteiger partial charge in [-0.1, -0.05) is 31.4 Å². The quantitative estimate of drug-likeness (QED) is 0.701. The van der Waals surface area contributed by atoms with Crippen LogP contribution in [0.3, 0.4) is 0 Å². The molecule has 5 heteroatoms. The number of fused-ring (bicyclic) bond motifs is 1. The molecule has 0 spiro atoms. The van der Waals surface area contributed by atoms with E-state index in [0.717, 1.165) is 41.6 Å². The Morgan fingerprint density at radius 2 is 1.77 bits per heavy atom. The third-order valence-electron chi connectivity index (χ3n) is 7.34. The average molecular weight is 420 g/mol. The molecular formula is C26H33N3O2. The molecule has 1 saturated carbocycles. The van der Waals surface area contributed by atoms with Gasteiger partial charge in [0.2, 0.25) is 0 Å². The first-order chi connectivity index (χ1) is 15.2. The molecule has 1 aliphatic carbocycles. The van der Waals surface area contributed by atoms with E-state index in [0.29, 0.717) is 12.6 Å². The molecular weight excluding hydrogens is 386 g/mol. The maximum Gasteiger partial charge on any atom is 0.256 e. The molecule has 0 N–H and O–H groups in total. The van der Waals surface area contributed by atoms with Gasteiger partial charge in [-0.15, -0.1) is 0 Å². The third kappa shape index (κ3) is 4.20. The molecule has 3 heterocycles. The van der Waals surface area contributed by atoms with Crippen molar-refractivity contribution in [3.05, 3.63) is 58.9 Å². The zero-order valence-electron chi connectivity index (χ0n) is 18.6. The number of carbonyl (C=O) groups is 1. The van der Waals surface area contributed by atoms with Gasteiger partial charge < -0.3 is 9.64 Å². The van der Waals surface area contributed by atoms with Gasteiger partial charge in [-0.2, -0.15) is 0 Å². The van der Waals surface area contributed by atoms with Crippen molar-refractivity contribution >= 4 is 5.91 Å². The Morgan fingerprint density at radius 1 is 0.968 bits per heavy atom. The summed E-state index contributed by atoms with van der Waals surface area (Å²) in [7, 11) is 1.67. The highest BCUT2D eigenvalue weighted by molar-refractivity contribution is 5.96. The van der Waals surface area contributed by atoms with E-state index in [9.17, 15) is 4.79 Å². The average Bonchev–Trinajstić information content (AvgIpc) is 3.32. The zero-order chi connectivity index (χ0) is 21.2. The van der Waals surface area contributed by atoms with Crippen molar-refractivity contribution in [1.82, 2.24) is 14.8 Å². The minimum Gasteiger partial charge on any atom is -0.497 e. The molecule has 31 heavy (non-hydrogen) atoms. The summed E-state index contributed by atoms with van der Waals surface area (Å²) in [5, 5.41) is 0. The van der Waals surface area contributed by atoms with E-state index < -0.39 is 0 Å². The summed E-state index contributed by atoms with van der Waals surface area (Å²) in [6.07, 6.45) is 10.1. The van der Waals surface area contributed by atoms with Gasteiger partial charge in [0.25, 0.3) is 5.91 Å². The number of hydrogen-bond donors (Lipinski definition) is 0. The molecule has 2 aliphatic heterocycles. The Morgan fingerprint density at radius 3 is 2.55 bits per heavy atom. The first-order valence-corrected chi connectivity index (χ1v) is 11.9. The summed E-state index contributed by atoms with van der Waals surface area (Å²) in [6, 6.07) is 13.3. The van der Waals surface area contributed by atoms with Crippen molar-refractivity contribution in [3.63, 3.8) is 0 Å². The van der Waals surface area contributed by atoms with E-state index in [1.165, 1.54) is 57.2 Å². The fraction of sp³-hybridized carbons (Fsp3) is 0.538. The van der Waals surface area contributed by atoms with Crippen molar-refractivity contribution in [2.45, 2.75) is 70.0 Å². The maximum atomic E-state index is 13.1. The van der Waals surface area contributed by atoms with Crippen molar-refractivity contribution in [1.29, 1.82) is 0 Å². The molecule has 0 bridgehead atoms. The van der Waals surface area contributed by atoms with Crippen molar-refractivity contribution in [3.8, 4) is 5.75 Å². The molecule has 1 aromatic heterocycles. The van der Waals surface area contributed by atoms with Gasteiger partial charge in [-0.25, -0.2) is 0 Å². The van der Waals surface area contributed by atoms with E-state index in [2.05, 4.69) is 11.0 Å². The van der Waals surface area contributed by atoms with Crippen LogP contribution in [0, 0.1) is 0 Å². The van der Waals surface area contributed by atoms with Crippen LogP contribution in [-0.2, 0) is 13.0 Å². The molecule has 2 aromatic rings. The second-order valence-corrected chi connectivity index (χ2v) is 9.24. The molecule has 1 aromatic carbocycles. The lowest BCUT2D eigenvalue weighted by atomic mass is 9.93. The molecule has 1 atom stereocenters. The van der Waals surface area contributed by atoms with Gasteiger partial charge in [0.05, 0.1) is 30.1 Å². The first-order valence-electron chi connectivity index (χ1n) is 11.9. The van der Waals surface area contributed by atoms with Crippen LogP contribution in [0.5, 0.6) is 5.75 Å². The highest BCUT2D eigenvalue weighted by Crippen LogP contribution is 2.37. The molecule has 5 rings (SSSR count). The van der Waals surface area contributed by atoms with Crippen molar-refractivity contribution in [2.24, 2.45) is 0 Å². The molecule has 0 radical (unpaired) electrons. The van der Waals surface area contributed by atoms with Crippen LogP contribution >= 0.6 is 0 Å². The van der Waals surface area contributed by atoms with Gasteiger partial charge >= 0.3 is 0 Å². The largest absolute Gasteiger partial charge is 0.497 e. The number of ether oxygens (including phenoxy) is 1. The lowest BCUT2D eigenvalue weighted by Gasteiger charge is -2.36. The standard InChI is InChI=1S/C26H33N3O2/c1-31-21-11-9-19(10-12-21)18-28-17-15-23-22(26(28)30)13-14-24(27-23)25-8-5-16-29(25)20-6-3-2-4-7-20/h9-14,20,25H,2-8,15-18H2,1H3/t25-/m0/s1. The van der Waals surface area contributed by atoms with Gasteiger partial charge in [-0.05, 0) is 62.1 Å². The Bertz CT molecular complexity index is 921. The topological polar surface area (TPSA) is 45.7 Å². The molecule has 0 unspecified atom stereocenters. The molecule has 5 nitrogen and oxygen atoms in total. The number of methoxy groups -OCH3 is 1. The van der Waals surface area contributed by atoms with Gasteiger partial charge in [-0.3, -0.25) is 14.7 Å². The summed E-state index contributed by atoms with van der Waals surface area (Å²) < 4.78 is 5.23. The summed E-state index contributed by atoms with van der Waals surface area (Å²) in [5.41, 5.74) is 4.07. The molecule has 3 aliphatic rings. The zero-order valence-corrected chi connectivity index (χ0v) is 18.6. The number of carbonyl (C=O) groups excluding carboxylic acids is 1. The monoisotopic (exact) mass is 419 g/mol. The summed E-state index contributed by atoms with van der Waals surface area (Å²) in [5.74, 6) is 0.941. The van der Waals surface area contributed by atoms with E-state index in [1.54, 1.807) is 7.11 Å². The summed E-state index contributed by atoms with van der Waals surface area (Å²) in [6.45, 7) is 2.55. The smallest absolute Gasteiger partial charge is 0.256 e. The van der Waals surface area contributed by atoms with Crippen LogP contribution in [-0.4, -0.2) is 46.9 Å². The second kappa shape index (κ2) is 8.99. The Balaban J connectivity index is 1.30. The number of aromatic nitrogens is 1. The van der Waals surface area contributed by atoms with Crippen LogP contribution in [0.2, 0.25) is 0 Å². The molecule has 1 amide bonds. The van der Waals surface area contributed by atoms with Crippen LogP contribution in [0.1, 0.15) is 78.3 Å². The molecule has 1 saturated heterocycles. The van der Waals surface area contributed by atoms with Crippen molar-refractivity contribution < 1.29 is 9.53 Å². The third-order valence-corrected chi connectivity index (χ3v) is 7.34. The van der Waals surface area contributed by atoms with Gasteiger partial charge in [0.1, 0.15) is 5.75 Å². The number of hydrogen-bond acceptors (Lipinski definition) is 4. The fourth-order valence-electron chi connectivity index (χ4n) is 5.66. The van der Waals surface area contributed by atoms with Crippen LogP contribution in [0.15, 0.2) is 36.4 Å². The summed E-state index contributed by atoms with van der Waals surface area (Å²) >= 11 is 0. The first kappa shape index (κ1) is 20.5.